The van der Waals surface area contributed by atoms with Gasteiger partial charge < -0.3 is 29.9 Å². The molecule has 1 unspecified atom stereocenters. The van der Waals surface area contributed by atoms with Gasteiger partial charge in [-0.15, -0.1) is 0 Å². The zero-order valence-electron chi connectivity index (χ0n) is 32.9. The molecular formula is C41H45ClF2N10O4. The fraction of sp³-hybridized carbons (Fsp3) is 0.341. The third kappa shape index (κ3) is 9.08. The lowest BCUT2D eigenvalue weighted by Gasteiger charge is -2.36. The topological polar surface area (TPSA) is 151 Å². The minimum absolute atomic E-state index is 0.0530. The highest BCUT2D eigenvalue weighted by atomic mass is 35.5. The zero-order chi connectivity index (χ0) is 41.7. The van der Waals surface area contributed by atoms with Crippen LogP contribution in [-0.2, 0) is 23.2 Å². The number of piperazine rings is 1. The van der Waals surface area contributed by atoms with E-state index in [2.05, 4.69) is 30.6 Å². The largest absolute Gasteiger partial charge is 0.339 e. The SMILES string of the molecule is CCC(CCN(C)C)C(=O)N1CCN(C(=O)c2ccc(NC(=O)c3ncc(-c4ccc(-c5cnn(CC(=O)Nc6ccccn6)c5C)c(F)c4F)n3C)cc2Cl)CC1. The van der Waals surface area contributed by atoms with Gasteiger partial charge in [0, 0.05) is 73.4 Å². The number of nitrogens with zero attached hydrogens (tertiary/aromatic N) is 8. The van der Waals surface area contributed by atoms with E-state index in [1.165, 1.54) is 53.0 Å². The molecule has 6 rings (SSSR count). The van der Waals surface area contributed by atoms with Crippen LogP contribution in [0.2, 0.25) is 5.02 Å². The highest BCUT2D eigenvalue weighted by Crippen LogP contribution is 2.33. The van der Waals surface area contributed by atoms with E-state index in [9.17, 15) is 19.2 Å². The van der Waals surface area contributed by atoms with Crippen LogP contribution < -0.4 is 10.6 Å². The molecule has 58 heavy (non-hydrogen) atoms. The number of amides is 4. The van der Waals surface area contributed by atoms with Crippen molar-refractivity contribution in [3.05, 3.63) is 101 Å². The minimum Gasteiger partial charge on any atom is -0.339 e. The number of benzene rings is 2. The van der Waals surface area contributed by atoms with Gasteiger partial charge >= 0.3 is 0 Å². The molecule has 2 N–H and O–H groups in total. The molecule has 3 aromatic heterocycles. The minimum atomic E-state index is -1.15. The molecule has 4 heterocycles. The molecule has 2 aromatic carbocycles. The lowest BCUT2D eigenvalue weighted by atomic mass is 10.00. The lowest BCUT2D eigenvalue weighted by Crippen LogP contribution is -2.52. The number of halogens is 3. The normalized spacial score (nSPS) is 13.5. The Morgan fingerprint density at radius 1 is 0.897 bits per heavy atom. The van der Waals surface area contributed by atoms with Gasteiger partial charge in [-0.3, -0.25) is 23.9 Å². The van der Waals surface area contributed by atoms with Crippen molar-refractivity contribution in [2.45, 2.75) is 33.2 Å². The van der Waals surface area contributed by atoms with E-state index >= 15 is 8.78 Å². The van der Waals surface area contributed by atoms with E-state index < -0.39 is 23.4 Å². The van der Waals surface area contributed by atoms with E-state index in [1.54, 1.807) is 42.3 Å². The number of pyridine rings is 1. The molecule has 1 aliphatic rings. The van der Waals surface area contributed by atoms with Crippen LogP contribution in [-0.4, -0.2) is 109 Å². The van der Waals surface area contributed by atoms with Gasteiger partial charge in [-0.1, -0.05) is 30.7 Å². The summed E-state index contributed by atoms with van der Waals surface area (Å²) in [6.45, 7) is 5.93. The van der Waals surface area contributed by atoms with Crippen LogP contribution in [0.1, 0.15) is 46.4 Å². The van der Waals surface area contributed by atoms with Crippen molar-refractivity contribution >= 4 is 46.7 Å². The highest BCUT2D eigenvalue weighted by molar-refractivity contribution is 6.34. The van der Waals surface area contributed by atoms with Crippen LogP contribution in [0.15, 0.2) is 67.1 Å². The summed E-state index contributed by atoms with van der Waals surface area (Å²) in [6.07, 6.45) is 5.71. The average Bonchev–Trinajstić information content (AvgIpc) is 3.77. The van der Waals surface area contributed by atoms with Crippen LogP contribution in [0.4, 0.5) is 20.3 Å². The summed E-state index contributed by atoms with van der Waals surface area (Å²) >= 11 is 6.55. The Kier molecular flexibility index (Phi) is 13.0. The molecule has 14 nitrogen and oxygen atoms in total. The van der Waals surface area contributed by atoms with Crippen LogP contribution >= 0.6 is 11.6 Å². The monoisotopic (exact) mass is 814 g/mol. The molecule has 0 saturated carbocycles. The molecule has 1 saturated heterocycles. The highest BCUT2D eigenvalue weighted by Gasteiger charge is 2.30. The molecule has 5 aromatic rings. The summed E-state index contributed by atoms with van der Waals surface area (Å²) in [6, 6.07) is 12.4. The summed E-state index contributed by atoms with van der Waals surface area (Å²) < 4.78 is 34.1. The third-order valence-electron chi connectivity index (χ3n) is 10.3. The van der Waals surface area contributed by atoms with Gasteiger partial charge in [-0.05, 0) is 76.8 Å². The lowest BCUT2D eigenvalue weighted by molar-refractivity contribution is -0.137. The maximum Gasteiger partial charge on any atom is 0.291 e. The van der Waals surface area contributed by atoms with Gasteiger partial charge in [-0.2, -0.15) is 5.10 Å². The van der Waals surface area contributed by atoms with E-state index in [-0.39, 0.29) is 57.5 Å². The first kappa shape index (κ1) is 41.6. The number of nitrogens with one attached hydrogen (secondary N) is 2. The number of imidazole rings is 1. The molecule has 1 aliphatic heterocycles. The fourth-order valence-electron chi connectivity index (χ4n) is 6.88. The van der Waals surface area contributed by atoms with Gasteiger partial charge in [-0.25, -0.2) is 18.7 Å². The Labute approximate surface area is 339 Å². The quantitative estimate of drug-likeness (QED) is 0.153. The number of carbonyl (C=O) groups excluding carboxylic acids is 4. The second kappa shape index (κ2) is 18.1. The summed E-state index contributed by atoms with van der Waals surface area (Å²) in [5, 5.41) is 9.70. The standard InChI is InChI=1S/C41H45ClF2N10O4/c1-6-26(14-16-50(3)4)40(57)52-17-19-53(20-18-52)41(58)29-11-10-27(21-32(29)42)48-39(56)38-46-23-33(51(38)5)30-13-12-28(36(43)37(30)44)31-22-47-54(25(31)2)24-35(55)49-34-9-7-8-15-45-34/h7-13,15,21-23,26H,6,14,16-20,24H2,1-5H3,(H,48,56)(H,45,49,55). The first-order chi connectivity index (χ1) is 27.8. The van der Waals surface area contributed by atoms with Gasteiger partial charge in [0.25, 0.3) is 11.8 Å². The first-order valence-corrected chi connectivity index (χ1v) is 19.2. The van der Waals surface area contributed by atoms with Gasteiger partial charge in [0.05, 0.1) is 28.7 Å². The Morgan fingerprint density at radius 2 is 1.60 bits per heavy atom. The molecule has 0 spiro atoms. The zero-order valence-corrected chi connectivity index (χ0v) is 33.7. The van der Waals surface area contributed by atoms with Crippen LogP contribution in [0.25, 0.3) is 22.4 Å². The molecule has 4 amide bonds. The summed E-state index contributed by atoms with van der Waals surface area (Å²) in [4.78, 5) is 66.2. The second-order valence-electron chi connectivity index (χ2n) is 14.3. The number of anilines is 2. The van der Waals surface area contributed by atoms with E-state index in [0.29, 0.717) is 48.9 Å². The number of aromatic nitrogens is 5. The summed E-state index contributed by atoms with van der Waals surface area (Å²) in [5.74, 6) is -3.27. The summed E-state index contributed by atoms with van der Waals surface area (Å²) in [5.41, 5.74) is 1.26. The van der Waals surface area contributed by atoms with E-state index in [0.717, 1.165) is 19.4 Å². The van der Waals surface area contributed by atoms with Gasteiger partial charge in [0.2, 0.25) is 11.8 Å². The molecule has 1 fully saturated rings. The smallest absolute Gasteiger partial charge is 0.291 e. The van der Waals surface area contributed by atoms with Gasteiger partial charge in [0.1, 0.15) is 12.4 Å². The number of hydrogen-bond acceptors (Lipinski definition) is 8. The predicted octanol–water partition coefficient (Wildman–Crippen LogP) is 5.74. The Balaban J connectivity index is 1.08. The van der Waals surface area contributed by atoms with Crippen LogP contribution in [0, 0.1) is 24.5 Å². The number of rotatable bonds is 13. The molecule has 0 radical (unpaired) electrons. The van der Waals surface area contributed by atoms with Crippen LogP contribution in [0.3, 0.4) is 0 Å². The molecular weight excluding hydrogens is 770 g/mol. The fourth-order valence-corrected chi connectivity index (χ4v) is 7.14. The van der Waals surface area contributed by atoms with Crippen LogP contribution in [0.5, 0.6) is 0 Å². The van der Waals surface area contributed by atoms with Crippen molar-refractivity contribution in [3.63, 3.8) is 0 Å². The van der Waals surface area contributed by atoms with E-state index in [1.807, 2.05) is 25.9 Å². The van der Waals surface area contributed by atoms with Crippen molar-refractivity contribution in [2.75, 3.05) is 57.5 Å². The maximum absolute atomic E-state index is 15.7. The van der Waals surface area contributed by atoms with Crippen molar-refractivity contribution in [1.29, 1.82) is 0 Å². The van der Waals surface area contributed by atoms with E-state index in [4.69, 9.17) is 11.6 Å². The first-order valence-electron chi connectivity index (χ1n) is 18.8. The maximum atomic E-state index is 15.7. The molecule has 304 valence electrons. The Morgan fingerprint density at radius 3 is 2.28 bits per heavy atom. The Hall–Kier alpha value is -6.00. The van der Waals surface area contributed by atoms with Gasteiger partial charge in [0.15, 0.2) is 17.5 Å². The molecule has 1 atom stereocenters. The molecule has 17 heteroatoms. The molecule has 0 bridgehead atoms. The average molecular weight is 815 g/mol. The second-order valence-corrected chi connectivity index (χ2v) is 14.7. The predicted molar refractivity (Wildman–Crippen MR) is 216 cm³/mol. The summed E-state index contributed by atoms with van der Waals surface area (Å²) in [7, 11) is 5.47. The van der Waals surface area contributed by atoms with Crippen molar-refractivity contribution in [1.82, 2.24) is 39.0 Å². The van der Waals surface area contributed by atoms with Crippen molar-refractivity contribution in [3.8, 4) is 22.4 Å². The van der Waals surface area contributed by atoms with Crippen molar-refractivity contribution in [2.24, 2.45) is 13.0 Å². The van der Waals surface area contributed by atoms with Crippen molar-refractivity contribution < 1.29 is 28.0 Å². The Bertz CT molecular complexity index is 2320. The number of carbonyl (C=O) groups is 4. The molecule has 0 aliphatic carbocycles. The third-order valence-corrected chi connectivity index (χ3v) is 10.6. The number of hydrogen-bond donors (Lipinski definition) is 2.